The van der Waals surface area contributed by atoms with Crippen LogP contribution in [0.5, 0.6) is 5.75 Å². The van der Waals surface area contributed by atoms with Crippen molar-refractivity contribution in [1.29, 1.82) is 0 Å². The summed E-state index contributed by atoms with van der Waals surface area (Å²) in [4.78, 5) is 2.17. The third-order valence-electron chi connectivity index (χ3n) is 3.10. The molecule has 1 aromatic carbocycles. The molecule has 3 N–H and O–H groups in total. The maximum Gasteiger partial charge on any atom is 0.123 e. The third-order valence-corrected chi connectivity index (χ3v) is 3.10. The van der Waals surface area contributed by atoms with Crippen molar-refractivity contribution < 1.29 is 14.6 Å². The third kappa shape index (κ3) is 6.34. The Bertz CT molecular complexity index is 361. The van der Waals surface area contributed by atoms with Crippen LogP contribution < -0.4 is 10.5 Å². The van der Waals surface area contributed by atoms with E-state index in [0.29, 0.717) is 26.3 Å². The Morgan fingerprint density at radius 2 is 1.95 bits per heavy atom. The number of nitrogens with two attached hydrogens (primary N) is 1. The lowest BCUT2D eigenvalue weighted by molar-refractivity contribution is 0.126. The fraction of sp³-hybridized carbons (Fsp3) is 0.600. The fourth-order valence-corrected chi connectivity index (χ4v) is 1.98. The number of aliphatic hydroxyl groups is 1. The molecule has 0 heterocycles. The van der Waals surface area contributed by atoms with E-state index < -0.39 is 0 Å². The lowest BCUT2D eigenvalue weighted by Gasteiger charge is -2.20. The van der Waals surface area contributed by atoms with E-state index >= 15 is 0 Å². The highest BCUT2D eigenvalue weighted by atomic mass is 16.5. The number of ether oxygens (including phenoxy) is 2. The van der Waals surface area contributed by atoms with Crippen molar-refractivity contribution in [2.75, 3.05) is 46.6 Å². The van der Waals surface area contributed by atoms with Gasteiger partial charge in [-0.1, -0.05) is 18.2 Å². The smallest absolute Gasteiger partial charge is 0.123 e. The van der Waals surface area contributed by atoms with Crippen molar-refractivity contribution in [3.8, 4) is 5.75 Å². The average molecular weight is 282 g/mol. The summed E-state index contributed by atoms with van der Waals surface area (Å²) in [5, 5.41) is 9.01. The molecule has 0 amide bonds. The molecule has 0 aliphatic heterocycles. The Kier molecular flexibility index (Phi) is 8.98. The van der Waals surface area contributed by atoms with E-state index in [9.17, 15) is 0 Å². The van der Waals surface area contributed by atoms with E-state index in [1.807, 2.05) is 24.3 Å². The topological polar surface area (TPSA) is 68.0 Å². The maximum absolute atomic E-state index is 9.01. The van der Waals surface area contributed by atoms with Gasteiger partial charge in [0.05, 0.1) is 19.8 Å². The Hall–Kier alpha value is -1.14. The van der Waals surface area contributed by atoms with Crippen LogP contribution in [-0.2, 0) is 11.3 Å². The number of benzene rings is 1. The van der Waals surface area contributed by atoms with Gasteiger partial charge < -0.3 is 20.3 Å². The van der Waals surface area contributed by atoms with Crippen molar-refractivity contribution in [1.82, 2.24) is 4.90 Å². The van der Waals surface area contributed by atoms with Gasteiger partial charge in [0, 0.05) is 38.9 Å². The highest BCUT2D eigenvalue weighted by Crippen LogP contribution is 2.17. The van der Waals surface area contributed by atoms with E-state index in [4.69, 9.17) is 20.3 Å². The first-order chi connectivity index (χ1) is 9.81. The highest BCUT2D eigenvalue weighted by Gasteiger charge is 2.05. The molecule has 1 aromatic rings. The average Bonchev–Trinajstić information content (AvgIpc) is 2.49. The van der Waals surface area contributed by atoms with Crippen LogP contribution in [0.15, 0.2) is 24.3 Å². The summed E-state index contributed by atoms with van der Waals surface area (Å²) in [7, 11) is 1.68. The maximum atomic E-state index is 9.01. The first kappa shape index (κ1) is 16.9. The van der Waals surface area contributed by atoms with E-state index in [1.165, 1.54) is 0 Å². The van der Waals surface area contributed by atoms with E-state index in [2.05, 4.69) is 4.90 Å². The van der Waals surface area contributed by atoms with Crippen molar-refractivity contribution in [3.05, 3.63) is 29.8 Å². The fourth-order valence-electron chi connectivity index (χ4n) is 1.98. The second-order valence-electron chi connectivity index (χ2n) is 4.57. The predicted octanol–water partition coefficient (Wildman–Crippen LogP) is 0.855. The van der Waals surface area contributed by atoms with Gasteiger partial charge in [0.15, 0.2) is 0 Å². The summed E-state index contributed by atoms with van der Waals surface area (Å²) in [6, 6.07) is 7.83. The predicted molar refractivity (Wildman–Crippen MR) is 79.8 cm³/mol. The minimum atomic E-state index is 0.167. The Morgan fingerprint density at radius 1 is 1.15 bits per heavy atom. The van der Waals surface area contributed by atoms with Gasteiger partial charge in [-0.25, -0.2) is 0 Å². The standard InChI is InChI=1S/C15H26N2O3/c1-19-12-9-17(8-10-18)7-4-11-20-15-6-3-2-5-14(15)13-16/h2-3,5-6,18H,4,7-13,16H2,1H3. The van der Waals surface area contributed by atoms with Crippen LogP contribution in [0.1, 0.15) is 12.0 Å². The molecule has 0 radical (unpaired) electrons. The molecule has 5 heteroatoms. The Balaban J connectivity index is 2.28. The minimum absolute atomic E-state index is 0.167. The van der Waals surface area contributed by atoms with Crippen molar-refractivity contribution in [2.45, 2.75) is 13.0 Å². The van der Waals surface area contributed by atoms with Gasteiger partial charge in [-0.2, -0.15) is 0 Å². The molecule has 0 saturated heterocycles. The summed E-state index contributed by atoms with van der Waals surface area (Å²) in [5.41, 5.74) is 6.69. The molecule has 0 aliphatic rings. The number of para-hydroxylation sites is 1. The molecule has 114 valence electrons. The van der Waals surface area contributed by atoms with Gasteiger partial charge in [0.1, 0.15) is 5.75 Å². The molecular formula is C15H26N2O3. The zero-order chi connectivity index (χ0) is 14.6. The number of aliphatic hydroxyl groups excluding tert-OH is 1. The van der Waals surface area contributed by atoms with Gasteiger partial charge >= 0.3 is 0 Å². The van der Waals surface area contributed by atoms with Crippen molar-refractivity contribution in [3.63, 3.8) is 0 Å². The lowest BCUT2D eigenvalue weighted by atomic mass is 10.2. The number of nitrogens with zero attached hydrogens (tertiary/aromatic N) is 1. The van der Waals surface area contributed by atoms with Crippen LogP contribution in [0.2, 0.25) is 0 Å². The van der Waals surface area contributed by atoms with Gasteiger partial charge in [-0.15, -0.1) is 0 Å². The molecular weight excluding hydrogens is 256 g/mol. The molecule has 5 nitrogen and oxygen atoms in total. The van der Waals surface area contributed by atoms with Crippen LogP contribution in [0.3, 0.4) is 0 Å². The number of rotatable bonds is 11. The van der Waals surface area contributed by atoms with Crippen molar-refractivity contribution >= 4 is 0 Å². The van der Waals surface area contributed by atoms with Gasteiger partial charge in [-0.05, 0) is 12.5 Å². The monoisotopic (exact) mass is 282 g/mol. The number of hydrogen-bond donors (Lipinski definition) is 2. The van der Waals surface area contributed by atoms with Crippen LogP contribution in [0.25, 0.3) is 0 Å². The largest absolute Gasteiger partial charge is 0.493 e. The summed E-state index contributed by atoms with van der Waals surface area (Å²) >= 11 is 0. The Morgan fingerprint density at radius 3 is 2.65 bits per heavy atom. The van der Waals surface area contributed by atoms with E-state index in [-0.39, 0.29) is 6.61 Å². The first-order valence-corrected chi connectivity index (χ1v) is 7.04. The first-order valence-electron chi connectivity index (χ1n) is 7.04. The van der Waals surface area contributed by atoms with Gasteiger partial charge in [-0.3, -0.25) is 4.90 Å². The summed E-state index contributed by atoms with van der Waals surface area (Å²) < 4.78 is 10.8. The molecule has 0 fully saturated rings. The zero-order valence-corrected chi connectivity index (χ0v) is 12.3. The van der Waals surface area contributed by atoms with E-state index in [0.717, 1.165) is 30.8 Å². The van der Waals surface area contributed by atoms with Crippen LogP contribution in [-0.4, -0.2) is 56.6 Å². The zero-order valence-electron chi connectivity index (χ0n) is 12.3. The van der Waals surface area contributed by atoms with Crippen molar-refractivity contribution in [2.24, 2.45) is 5.73 Å². The van der Waals surface area contributed by atoms with Crippen LogP contribution >= 0.6 is 0 Å². The van der Waals surface area contributed by atoms with E-state index in [1.54, 1.807) is 7.11 Å². The summed E-state index contributed by atoms with van der Waals surface area (Å²) in [6.07, 6.45) is 0.905. The SMILES string of the molecule is COCCN(CCO)CCCOc1ccccc1CN. The highest BCUT2D eigenvalue weighted by molar-refractivity contribution is 5.32. The molecule has 0 bridgehead atoms. The summed E-state index contributed by atoms with van der Waals surface area (Å²) in [5.74, 6) is 0.862. The number of hydrogen-bond acceptors (Lipinski definition) is 5. The molecule has 0 atom stereocenters. The second kappa shape index (κ2) is 10.6. The molecule has 0 unspecified atom stereocenters. The minimum Gasteiger partial charge on any atom is -0.493 e. The van der Waals surface area contributed by atoms with Gasteiger partial charge in [0.2, 0.25) is 0 Å². The molecule has 20 heavy (non-hydrogen) atoms. The quantitative estimate of drug-likeness (QED) is 0.589. The lowest BCUT2D eigenvalue weighted by Crippen LogP contribution is -2.32. The molecule has 1 rings (SSSR count). The molecule has 0 saturated carbocycles. The molecule has 0 spiro atoms. The molecule has 0 aromatic heterocycles. The summed E-state index contributed by atoms with van der Waals surface area (Å²) in [6.45, 7) is 4.36. The number of methoxy groups -OCH3 is 1. The normalized spacial score (nSPS) is 11.0. The second-order valence-corrected chi connectivity index (χ2v) is 4.57. The van der Waals surface area contributed by atoms with Gasteiger partial charge in [0.25, 0.3) is 0 Å². The molecule has 0 aliphatic carbocycles. The van der Waals surface area contributed by atoms with Crippen LogP contribution in [0.4, 0.5) is 0 Å². The Labute approximate surface area is 121 Å². The van der Waals surface area contributed by atoms with Crippen LogP contribution in [0, 0.1) is 0 Å².